The van der Waals surface area contributed by atoms with Gasteiger partial charge in [0, 0.05) is 13.2 Å². The van der Waals surface area contributed by atoms with Gasteiger partial charge in [-0.15, -0.1) is 0 Å². The second-order valence-corrected chi connectivity index (χ2v) is 10.5. The first-order valence-corrected chi connectivity index (χ1v) is 15.2. The van der Waals surface area contributed by atoms with Crippen molar-refractivity contribution in [3.05, 3.63) is 0 Å². The van der Waals surface area contributed by atoms with Crippen molar-refractivity contribution in [3.63, 3.8) is 0 Å². The van der Waals surface area contributed by atoms with E-state index < -0.39 is 21.8 Å². The molecule has 0 rings (SSSR count). The van der Waals surface area contributed by atoms with E-state index in [0.717, 1.165) is 13.2 Å². The second-order valence-electron chi connectivity index (χ2n) is 9.10. The second kappa shape index (κ2) is 31.4. The first-order chi connectivity index (χ1) is 15.8. The number of carbonyl (C=O) groups is 1. The zero-order valence-corrected chi connectivity index (χ0v) is 22.5. The van der Waals surface area contributed by atoms with Crippen LogP contribution in [0.5, 0.6) is 0 Å². The van der Waals surface area contributed by atoms with Crippen molar-refractivity contribution in [3.8, 4) is 0 Å². The van der Waals surface area contributed by atoms with Crippen LogP contribution in [0.25, 0.3) is 0 Å². The number of hydrogen-bond donors (Lipinski definition) is 2. The molecule has 0 aliphatic rings. The van der Waals surface area contributed by atoms with E-state index in [1.807, 2.05) is 0 Å². The van der Waals surface area contributed by atoms with E-state index in [0.29, 0.717) is 0 Å². The average Bonchev–Trinajstić information content (AvgIpc) is 2.73. The number of carboxylic acids is 1. The Bertz CT molecular complexity index is 478. The Morgan fingerprint density at radius 1 is 0.588 bits per heavy atom. The van der Waals surface area contributed by atoms with Crippen LogP contribution in [0.3, 0.4) is 0 Å². The number of unbranched alkanes of at least 4 members (excludes halogenated alkanes) is 18. The standard InChI is InChI=1S/C24H50O.C2H4O5S.Na.H/c1-3-5-7-9-11-13-15-17-19-21-23-25-24-22-20-18-16-14-12-10-8-6-4-2;3-2(4)1-8(5,6)7;;/h3-24H2,1-2H3;1H2,(H,3,4)(H,5,6,7);;. The van der Waals surface area contributed by atoms with Gasteiger partial charge in [0.05, 0.1) is 0 Å². The summed E-state index contributed by atoms with van der Waals surface area (Å²) in [4.78, 5) is 9.48. The SMILES string of the molecule is CCCCCCCCCCCCOCCCCCCCCCCCC.O=C(O)CS(=O)(=O)O.[NaH]. The molecule has 0 aromatic heterocycles. The summed E-state index contributed by atoms with van der Waals surface area (Å²) in [5.74, 6) is -2.79. The third kappa shape index (κ3) is 42.5. The quantitative estimate of drug-likeness (QED) is 0.0799. The fourth-order valence-corrected chi connectivity index (χ4v) is 3.95. The van der Waals surface area contributed by atoms with Crippen LogP contribution in [0, 0.1) is 0 Å². The number of hydrogen-bond acceptors (Lipinski definition) is 4. The summed E-state index contributed by atoms with van der Waals surface area (Å²) in [5, 5.41) is 7.71. The number of aliphatic carboxylic acids is 1. The molecule has 2 N–H and O–H groups in total. The third-order valence-corrected chi connectivity index (χ3v) is 6.20. The first kappa shape index (κ1) is 38.9. The van der Waals surface area contributed by atoms with Crippen LogP contribution in [0.2, 0.25) is 0 Å². The van der Waals surface area contributed by atoms with Crippen LogP contribution in [-0.2, 0) is 19.6 Å². The summed E-state index contributed by atoms with van der Waals surface area (Å²) in [5.41, 5.74) is 0. The summed E-state index contributed by atoms with van der Waals surface area (Å²) in [6.07, 6.45) is 28.2. The van der Waals surface area contributed by atoms with Crippen molar-refractivity contribution in [2.75, 3.05) is 19.0 Å². The van der Waals surface area contributed by atoms with Crippen molar-refractivity contribution in [1.82, 2.24) is 0 Å². The van der Waals surface area contributed by atoms with Gasteiger partial charge in [-0.25, -0.2) is 0 Å². The number of ether oxygens (including phenoxy) is 1. The Morgan fingerprint density at radius 2 is 0.853 bits per heavy atom. The van der Waals surface area contributed by atoms with Gasteiger partial charge in [-0.1, -0.05) is 129 Å². The van der Waals surface area contributed by atoms with Gasteiger partial charge in [-0.3, -0.25) is 9.35 Å². The molecule has 6 nitrogen and oxygen atoms in total. The molecule has 0 aliphatic carbocycles. The zero-order valence-electron chi connectivity index (χ0n) is 21.7. The minimum atomic E-state index is -4.32. The molecule has 0 heterocycles. The van der Waals surface area contributed by atoms with E-state index in [9.17, 15) is 13.2 Å². The Labute approximate surface area is 233 Å². The molecule has 0 amide bonds. The van der Waals surface area contributed by atoms with E-state index >= 15 is 0 Å². The van der Waals surface area contributed by atoms with Crippen LogP contribution in [0.1, 0.15) is 142 Å². The third-order valence-electron chi connectivity index (χ3n) is 5.59. The molecule has 0 atom stereocenters. The molecular formula is C26H55NaO6S. The van der Waals surface area contributed by atoms with Gasteiger partial charge in [-0.2, -0.15) is 8.42 Å². The van der Waals surface area contributed by atoms with Crippen LogP contribution in [0.15, 0.2) is 0 Å². The van der Waals surface area contributed by atoms with Crippen LogP contribution in [-0.4, -0.2) is 72.6 Å². The zero-order chi connectivity index (χ0) is 25.0. The first-order valence-electron chi connectivity index (χ1n) is 13.6. The van der Waals surface area contributed by atoms with E-state index in [-0.39, 0.29) is 29.6 Å². The molecule has 8 heteroatoms. The van der Waals surface area contributed by atoms with Crippen molar-refractivity contribution < 1.29 is 27.6 Å². The minimum absolute atomic E-state index is 0. The van der Waals surface area contributed by atoms with Gasteiger partial charge in [-0.05, 0) is 12.8 Å². The molecule has 0 bridgehead atoms. The van der Waals surface area contributed by atoms with E-state index in [1.165, 1.54) is 128 Å². The summed E-state index contributed by atoms with van der Waals surface area (Å²) >= 11 is 0. The Morgan fingerprint density at radius 3 is 1.06 bits per heavy atom. The van der Waals surface area contributed by atoms with Gasteiger partial charge in [0.1, 0.15) is 0 Å². The molecular weight excluding hydrogens is 463 g/mol. The van der Waals surface area contributed by atoms with Crippen LogP contribution < -0.4 is 0 Å². The summed E-state index contributed by atoms with van der Waals surface area (Å²) in [6, 6.07) is 0. The van der Waals surface area contributed by atoms with Crippen LogP contribution >= 0.6 is 0 Å². The van der Waals surface area contributed by atoms with Crippen LogP contribution in [0.4, 0.5) is 0 Å². The molecule has 0 unspecified atom stereocenters. The molecule has 0 fully saturated rings. The maximum atomic E-state index is 9.62. The van der Waals surface area contributed by atoms with Gasteiger partial charge in [0.2, 0.25) is 0 Å². The summed E-state index contributed by atoms with van der Waals surface area (Å²) in [7, 11) is -4.32. The molecule has 0 saturated heterocycles. The summed E-state index contributed by atoms with van der Waals surface area (Å²) < 4.78 is 32.8. The van der Waals surface area contributed by atoms with Gasteiger partial charge in [0.25, 0.3) is 10.1 Å². The Kier molecular flexibility index (Phi) is 35.9. The fourth-order valence-electron chi connectivity index (χ4n) is 3.64. The topological polar surface area (TPSA) is 101 Å². The van der Waals surface area contributed by atoms with Gasteiger partial charge >= 0.3 is 35.5 Å². The molecule has 0 spiro atoms. The molecule has 0 aliphatic heterocycles. The Hall–Kier alpha value is 0.340. The predicted octanol–water partition coefficient (Wildman–Crippen LogP) is 7.16. The van der Waals surface area contributed by atoms with Crippen molar-refractivity contribution in [2.45, 2.75) is 142 Å². The van der Waals surface area contributed by atoms with Gasteiger partial charge in [0.15, 0.2) is 5.75 Å². The molecule has 202 valence electrons. The summed E-state index contributed by atoms with van der Waals surface area (Å²) in [6.45, 7) is 6.57. The number of rotatable bonds is 24. The van der Waals surface area contributed by atoms with Crippen molar-refractivity contribution >= 4 is 45.6 Å². The fraction of sp³-hybridized carbons (Fsp3) is 0.962. The van der Waals surface area contributed by atoms with E-state index in [1.54, 1.807) is 0 Å². The average molecular weight is 519 g/mol. The Balaban J connectivity index is -0.000000910. The molecule has 0 aromatic rings. The van der Waals surface area contributed by atoms with E-state index in [2.05, 4.69) is 13.8 Å². The maximum absolute atomic E-state index is 9.62. The monoisotopic (exact) mass is 518 g/mol. The van der Waals surface area contributed by atoms with E-state index in [4.69, 9.17) is 14.4 Å². The van der Waals surface area contributed by atoms with Gasteiger partial charge < -0.3 is 9.84 Å². The normalized spacial score (nSPS) is 10.9. The van der Waals surface area contributed by atoms with Crippen molar-refractivity contribution in [2.24, 2.45) is 0 Å². The van der Waals surface area contributed by atoms with Crippen molar-refractivity contribution in [1.29, 1.82) is 0 Å². The predicted molar refractivity (Wildman–Crippen MR) is 146 cm³/mol. The molecule has 34 heavy (non-hydrogen) atoms. The molecule has 0 aromatic carbocycles. The molecule has 0 saturated carbocycles. The molecule has 0 radical (unpaired) electrons. The number of carboxylic acid groups (broad SMARTS) is 1.